The third kappa shape index (κ3) is 1.61. The molecular weight excluding hydrogens is 290 g/mol. The molecule has 104 valence electrons. The van der Waals surface area contributed by atoms with Crippen molar-refractivity contribution in [1.82, 2.24) is 10.6 Å². The molecule has 20 heavy (non-hydrogen) atoms. The first kappa shape index (κ1) is 12.7. The summed E-state index contributed by atoms with van der Waals surface area (Å²) in [4.78, 5) is 33.9. The van der Waals surface area contributed by atoms with E-state index < -0.39 is 22.4 Å². The molecular formula is C11H8ClN3O5. The van der Waals surface area contributed by atoms with Crippen LogP contribution in [-0.2, 0) is 10.3 Å². The molecule has 3 rings (SSSR count). The summed E-state index contributed by atoms with van der Waals surface area (Å²) in [5.41, 5.74) is -1.49. The molecule has 0 aliphatic carbocycles. The van der Waals surface area contributed by atoms with Gasteiger partial charge in [0, 0.05) is 23.1 Å². The molecule has 2 N–H and O–H groups in total. The Hall–Kier alpha value is -2.35. The first-order valence-corrected chi connectivity index (χ1v) is 6.07. The van der Waals surface area contributed by atoms with Crippen molar-refractivity contribution in [3.8, 4) is 5.75 Å². The molecule has 0 radical (unpaired) electrons. The van der Waals surface area contributed by atoms with Crippen molar-refractivity contribution in [1.29, 1.82) is 0 Å². The maximum Gasteiger partial charge on any atom is 0.322 e. The number of hydrogen-bond donors (Lipinski definition) is 2. The van der Waals surface area contributed by atoms with E-state index in [1.54, 1.807) is 0 Å². The van der Waals surface area contributed by atoms with Crippen LogP contribution in [0.4, 0.5) is 10.5 Å². The van der Waals surface area contributed by atoms with Crippen LogP contribution >= 0.6 is 11.6 Å². The zero-order valence-electron chi connectivity index (χ0n) is 9.94. The highest BCUT2D eigenvalue weighted by atomic mass is 35.5. The fourth-order valence-electron chi connectivity index (χ4n) is 2.48. The highest BCUT2D eigenvalue weighted by molar-refractivity contribution is 6.31. The lowest BCUT2D eigenvalue weighted by molar-refractivity contribution is -0.386. The Kier molecular flexibility index (Phi) is 2.58. The third-order valence-electron chi connectivity index (χ3n) is 3.36. The molecule has 3 amide bonds. The number of halogens is 1. The molecule has 9 heteroatoms. The SMILES string of the molecule is O=C1NC(=O)C2(CCOc3c([N+](=O)[O-])cc(Cl)cc32)N1. The largest absolute Gasteiger partial charge is 0.486 e. The summed E-state index contributed by atoms with van der Waals surface area (Å²) in [6.45, 7) is 0.0726. The summed E-state index contributed by atoms with van der Waals surface area (Å²) >= 11 is 5.87. The number of fused-ring (bicyclic) bond motifs is 2. The smallest absolute Gasteiger partial charge is 0.322 e. The van der Waals surface area contributed by atoms with E-state index in [9.17, 15) is 19.7 Å². The second-order valence-electron chi connectivity index (χ2n) is 4.47. The topological polar surface area (TPSA) is 111 Å². The number of nitro benzene ring substituents is 1. The molecule has 2 aliphatic heterocycles. The van der Waals surface area contributed by atoms with Gasteiger partial charge in [-0.05, 0) is 6.07 Å². The maximum atomic E-state index is 12.1. The summed E-state index contributed by atoms with van der Waals surface area (Å²) in [6, 6.07) is 1.90. The number of nitrogens with one attached hydrogen (secondary N) is 2. The van der Waals surface area contributed by atoms with E-state index in [2.05, 4.69) is 10.6 Å². The number of carbonyl (C=O) groups is 2. The molecule has 0 bridgehead atoms. The lowest BCUT2D eigenvalue weighted by atomic mass is 9.84. The molecule has 1 aromatic rings. The lowest BCUT2D eigenvalue weighted by Gasteiger charge is -2.32. The molecule has 2 heterocycles. The van der Waals surface area contributed by atoms with E-state index in [1.165, 1.54) is 6.07 Å². The van der Waals surface area contributed by atoms with E-state index in [0.29, 0.717) is 0 Å². The maximum absolute atomic E-state index is 12.1. The third-order valence-corrected chi connectivity index (χ3v) is 3.57. The highest BCUT2D eigenvalue weighted by Crippen LogP contribution is 2.45. The van der Waals surface area contributed by atoms with Gasteiger partial charge in [-0.2, -0.15) is 0 Å². The van der Waals surface area contributed by atoms with E-state index in [4.69, 9.17) is 16.3 Å². The van der Waals surface area contributed by atoms with Crippen LogP contribution in [-0.4, -0.2) is 23.5 Å². The van der Waals surface area contributed by atoms with Crippen molar-refractivity contribution < 1.29 is 19.2 Å². The van der Waals surface area contributed by atoms with Crippen LogP contribution < -0.4 is 15.4 Å². The van der Waals surface area contributed by atoms with Crippen molar-refractivity contribution in [3.05, 3.63) is 32.8 Å². The van der Waals surface area contributed by atoms with Gasteiger partial charge in [0.15, 0.2) is 5.54 Å². The van der Waals surface area contributed by atoms with Gasteiger partial charge >= 0.3 is 11.7 Å². The van der Waals surface area contributed by atoms with Crippen LogP contribution in [0.5, 0.6) is 5.75 Å². The van der Waals surface area contributed by atoms with Gasteiger partial charge in [0.25, 0.3) is 5.91 Å². The van der Waals surface area contributed by atoms with Gasteiger partial charge in [0.05, 0.1) is 11.5 Å². The standard InChI is InChI=1S/C11H8ClN3O5/c12-5-3-6-8(7(4-5)15(18)19)20-2-1-11(6)9(16)13-10(17)14-11/h3-4H,1-2H2,(H2,13,14,16,17). The molecule has 1 saturated heterocycles. The lowest BCUT2D eigenvalue weighted by Crippen LogP contribution is -2.47. The van der Waals surface area contributed by atoms with E-state index >= 15 is 0 Å². The summed E-state index contributed by atoms with van der Waals surface area (Å²) in [5, 5.41) is 15.8. The molecule has 1 fully saturated rings. The molecule has 0 saturated carbocycles. The van der Waals surface area contributed by atoms with Crippen molar-refractivity contribution in [2.45, 2.75) is 12.0 Å². The van der Waals surface area contributed by atoms with Crippen LogP contribution in [0, 0.1) is 10.1 Å². The number of imide groups is 1. The highest BCUT2D eigenvalue weighted by Gasteiger charge is 2.52. The predicted molar refractivity (Wildman–Crippen MR) is 66.6 cm³/mol. The predicted octanol–water partition coefficient (Wildman–Crippen LogP) is 1.07. The number of hydrogen-bond acceptors (Lipinski definition) is 5. The molecule has 1 aromatic carbocycles. The Morgan fingerprint density at radius 2 is 2.15 bits per heavy atom. The number of ether oxygens (including phenoxy) is 1. The normalized spacial score (nSPS) is 23.9. The molecule has 8 nitrogen and oxygen atoms in total. The van der Waals surface area contributed by atoms with E-state index in [-0.39, 0.29) is 35.1 Å². The molecule has 1 unspecified atom stereocenters. The zero-order chi connectivity index (χ0) is 14.5. The Bertz CT molecular complexity index is 662. The fraction of sp³-hybridized carbons (Fsp3) is 0.273. The van der Waals surface area contributed by atoms with E-state index in [1.807, 2.05) is 0 Å². The number of nitro groups is 1. The number of carbonyl (C=O) groups excluding carboxylic acids is 2. The Balaban J connectivity index is 2.26. The fourth-order valence-corrected chi connectivity index (χ4v) is 2.69. The number of urea groups is 1. The molecule has 0 aromatic heterocycles. The zero-order valence-corrected chi connectivity index (χ0v) is 10.7. The van der Waals surface area contributed by atoms with Gasteiger partial charge in [-0.3, -0.25) is 20.2 Å². The number of benzene rings is 1. The van der Waals surface area contributed by atoms with Crippen LogP contribution in [0.15, 0.2) is 12.1 Å². The van der Waals surface area contributed by atoms with E-state index in [0.717, 1.165) is 6.07 Å². The van der Waals surface area contributed by atoms with Crippen molar-refractivity contribution >= 4 is 29.2 Å². The van der Waals surface area contributed by atoms with Gasteiger partial charge in [-0.25, -0.2) is 4.79 Å². The monoisotopic (exact) mass is 297 g/mol. The summed E-state index contributed by atoms with van der Waals surface area (Å²) in [6.07, 6.45) is 0.176. The minimum absolute atomic E-state index is 0.0389. The number of nitrogens with zero attached hydrogens (tertiary/aromatic N) is 1. The van der Waals surface area contributed by atoms with Gasteiger partial charge < -0.3 is 10.1 Å². The van der Waals surface area contributed by atoms with Crippen molar-refractivity contribution in [2.75, 3.05) is 6.61 Å². The van der Waals surface area contributed by atoms with Gasteiger partial charge in [-0.1, -0.05) is 11.6 Å². The minimum atomic E-state index is -1.36. The van der Waals surface area contributed by atoms with Gasteiger partial charge in [0.1, 0.15) is 0 Å². The average molecular weight is 298 g/mol. The Morgan fingerprint density at radius 1 is 1.40 bits per heavy atom. The Morgan fingerprint density at radius 3 is 2.75 bits per heavy atom. The van der Waals surface area contributed by atoms with Crippen LogP contribution in [0.1, 0.15) is 12.0 Å². The number of rotatable bonds is 1. The number of amides is 3. The quantitative estimate of drug-likeness (QED) is 0.457. The van der Waals surface area contributed by atoms with Crippen LogP contribution in [0.25, 0.3) is 0 Å². The first-order valence-electron chi connectivity index (χ1n) is 5.69. The van der Waals surface area contributed by atoms with Crippen LogP contribution in [0.2, 0.25) is 5.02 Å². The summed E-state index contributed by atoms with van der Waals surface area (Å²) < 4.78 is 5.31. The Labute approximate surface area is 117 Å². The van der Waals surface area contributed by atoms with Crippen molar-refractivity contribution in [3.63, 3.8) is 0 Å². The minimum Gasteiger partial charge on any atom is -0.486 e. The first-order chi connectivity index (χ1) is 9.44. The second-order valence-corrected chi connectivity index (χ2v) is 4.91. The molecule has 1 spiro atoms. The van der Waals surface area contributed by atoms with Crippen molar-refractivity contribution in [2.24, 2.45) is 0 Å². The van der Waals surface area contributed by atoms with Crippen LogP contribution in [0.3, 0.4) is 0 Å². The summed E-state index contributed by atoms with van der Waals surface area (Å²) in [7, 11) is 0. The van der Waals surface area contributed by atoms with Gasteiger partial charge in [0.2, 0.25) is 5.75 Å². The van der Waals surface area contributed by atoms with Gasteiger partial charge in [-0.15, -0.1) is 0 Å². The second kappa shape index (κ2) is 4.07. The molecule has 1 atom stereocenters. The average Bonchev–Trinajstić information content (AvgIpc) is 2.65. The molecule has 2 aliphatic rings. The summed E-state index contributed by atoms with van der Waals surface area (Å²) in [5.74, 6) is -0.605.